The molecule has 0 aliphatic rings. The summed E-state index contributed by atoms with van der Waals surface area (Å²) in [5.41, 5.74) is 5.27. The molecule has 0 radical (unpaired) electrons. The lowest BCUT2D eigenvalue weighted by Gasteiger charge is -2.27. The predicted molar refractivity (Wildman–Crippen MR) is 133 cm³/mol. The lowest BCUT2D eigenvalue weighted by molar-refractivity contribution is -0.152. The molecule has 1 aromatic rings. The molecule has 0 aromatic heterocycles. The number of methoxy groups -OCH3 is 1. The van der Waals surface area contributed by atoms with Crippen LogP contribution in [0.2, 0.25) is 0 Å². The molecule has 1 aromatic carbocycles. The SMILES string of the molecule is CCC(C)OC(=O)Oc1cc(C[C@](N)(CCOC(=O)C(C)C)C(=O)OC)ccc1OC(=O)O[C@@H](C)CC. The molecule has 0 fully saturated rings. The van der Waals surface area contributed by atoms with Crippen LogP contribution in [0.25, 0.3) is 0 Å². The van der Waals surface area contributed by atoms with Crippen molar-refractivity contribution in [2.75, 3.05) is 13.7 Å². The fourth-order valence-corrected chi connectivity index (χ4v) is 2.88. The first-order chi connectivity index (χ1) is 17.3. The number of ether oxygens (including phenoxy) is 6. The van der Waals surface area contributed by atoms with Crippen LogP contribution in [0.3, 0.4) is 0 Å². The van der Waals surface area contributed by atoms with Crippen LogP contribution in [-0.4, -0.2) is 55.7 Å². The van der Waals surface area contributed by atoms with Crippen LogP contribution in [0.1, 0.15) is 66.4 Å². The average Bonchev–Trinajstić information content (AvgIpc) is 2.84. The van der Waals surface area contributed by atoms with Gasteiger partial charge in [0.25, 0.3) is 0 Å². The van der Waals surface area contributed by atoms with Gasteiger partial charge in [0.05, 0.1) is 19.6 Å². The number of carbonyl (C=O) groups excluding carboxylic acids is 4. The Labute approximate surface area is 217 Å². The third kappa shape index (κ3) is 10.7. The Morgan fingerprint density at radius 2 is 1.43 bits per heavy atom. The number of hydrogen-bond acceptors (Lipinski definition) is 11. The summed E-state index contributed by atoms with van der Waals surface area (Å²) in [5.74, 6) is -1.70. The Hall–Kier alpha value is -3.34. The van der Waals surface area contributed by atoms with Crippen LogP contribution < -0.4 is 15.2 Å². The van der Waals surface area contributed by atoms with Crippen molar-refractivity contribution in [1.82, 2.24) is 0 Å². The highest BCUT2D eigenvalue weighted by Crippen LogP contribution is 2.31. The molecule has 3 atom stereocenters. The Kier molecular flexibility index (Phi) is 12.9. The maximum absolute atomic E-state index is 12.5. The first-order valence-electron chi connectivity index (χ1n) is 12.3. The molecule has 37 heavy (non-hydrogen) atoms. The fourth-order valence-electron chi connectivity index (χ4n) is 2.88. The third-order valence-corrected chi connectivity index (χ3v) is 5.51. The number of benzene rings is 1. The van der Waals surface area contributed by atoms with Crippen molar-refractivity contribution < 1.29 is 47.6 Å². The van der Waals surface area contributed by atoms with Crippen molar-refractivity contribution in [3.8, 4) is 11.5 Å². The normalized spacial score (nSPS) is 14.1. The van der Waals surface area contributed by atoms with E-state index in [1.807, 2.05) is 13.8 Å². The van der Waals surface area contributed by atoms with E-state index in [1.54, 1.807) is 33.8 Å². The highest BCUT2D eigenvalue weighted by molar-refractivity contribution is 5.81. The molecule has 0 saturated carbocycles. The van der Waals surface area contributed by atoms with Gasteiger partial charge in [-0.3, -0.25) is 9.59 Å². The monoisotopic (exact) mass is 525 g/mol. The summed E-state index contributed by atoms with van der Waals surface area (Å²) in [7, 11) is 1.20. The Bertz CT molecular complexity index is 932. The van der Waals surface area contributed by atoms with Crippen LogP contribution in [-0.2, 0) is 35.0 Å². The Balaban J connectivity index is 3.21. The first-order valence-corrected chi connectivity index (χ1v) is 12.3. The van der Waals surface area contributed by atoms with E-state index in [1.165, 1.54) is 19.2 Å². The Morgan fingerprint density at radius 1 is 0.892 bits per heavy atom. The Morgan fingerprint density at radius 3 is 1.92 bits per heavy atom. The number of esters is 2. The second-order valence-corrected chi connectivity index (χ2v) is 9.06. The van der Waals surface area contributed by atoms with E-state index in [-0.39, 0.29) is 43.0 Å². The molecule has 11 heteroatoms. The molecular formula is C26H39NO10. The topological polar surface area (TPSA) is 150 Å². The van der Waals surface area contributed by atoms with Gasteiger partial charge in [0.15, 0.2) is 11.5 Å². The summed E-state index contributed by atoms with van der Waals surface area (Å²) < 4.78 is 30.9. The van der Waals surface area contributed by atoms with Gasteiger partial charge in [-0.15, -0.1) is 0 Å². The maximum Gasteiger partial charge on any atom is 0.514 e. The average molecular weight is 526 g/mol. The standard InChI is InChI=1S/C26H39NO10/c1-8-17(5)34-24(30)36-20-11-10-19(14-21(20)37-25(31)35-18(6)9-2)15-26(27,23(29)32-7)12-13-33-22(28)16(3)4/h10-11,14,16-18H,8-9,12-13,15,27H2,1-7H3/t17-,18?,26+/m0/s1. The molecule has 0 spiro atoms. The van der Waals surface area contributed by atoms with E-state index in [0.29, 0.717) is 18.4 Å². The molecule has 0 saturated heterocycles. The molecule has 208 valence electrons. The van der Waals surface area contributed by atoms with Crippen LogP contribution in [0.15, 0.2) is 18.2 Å². The zero-order valence-corrected chi connectivity index (χ0v) is 22.7. The molecule has 11 nitrogen and oxygen atoms in total. The lowest BCUT2D eigenvalue weighted by Crippen LogP contribution is -2.51. The van der Waals surface area contributed by atoms with Crippen molar-refractivity contribution >= 4 is 24.2 Å². The van der Waals surface area contributed by atoms with Gasteiger partial charge in [-0.2, -0.15) is 0 Å². The van der Waals surface area contributed by atoms with Gasteiger partial charge in [0.2, 0.25) is 0 Å². The van der Waals surface area contributed by atoms with Gasteiger partial charge < -0.3 is 34.2 Å². The predicted octanol–water partition coefficient (Wildman–Crippen LogP) is 4.32. The quantitative estimate of drug-likeness (QED) is 0.223. The van der Waals surface area contributed by atoms with Crippen LogP contribution in [0.5, 0.6) is 11.5 Å². The van der Waals surface area contributed by atoms with E-state index in [9.17, 15) is 19.2 Å². The summed E-state index contributed by atoms with van der Waals surface area (Å²) in [5, 5.41) is 0. The molecule has 2 N–H and O–H groups in total. The van der Waals surface area contributed by atoms with E-state index in [0.717, 1.165) is 0 Å². The minimum Gasteiger partial charge on any atom is -0.468 e. The van der Waals surface area contributed by atoms with E-state index in [4.69, 9.17) is 34.2 Å². The van der Waals surface area contributed by atoms with Crippen molar-refractivity contribution in [2.45, 2.75) is 85.0 Å². The molecule has 0 aliphatic carbocycles. The van der Waals surface area contributed by atoms with Gasteiger partial charge in [0.1, 0.15) is 17.7 Å². The second-order valence-electron chi connectivity index (χ2n) is 9.06. The zero-order chi connectivity index (χ0) is 28.2. The van der Waals surface area contributed by atoms with Gasteiger partial charge in [-0.25, -0.2) is 9.59 Å². The molecular weight excluding hydrogens is 486 g/mol. The van der Waals surface area contributed by atoms with Gasteiger partial charge >= 0.3 is 24.2 Å². The smallest absolute Gasteiger partial charge is 0.468 e. The van der Waals surface area contributed by atoms with Crippen LogP contribution >= 0.6 is 0 Å². The van der Waals surface area contributed by atoms with Crippen molar-refractivity contribution in [1.29, 1.82) is 0 Å². The number of carbonyl (C=O) groups is 4. The largest absolute Gasteiger partial charge is 0.514 e. The number of hydrogen-bond donors (Lipinski definition) is 1. The highest BCUT2D eigenvalue weighted by Gasteiger charge is 2.36. The van der Waals surface area contributed by atoms with Crippen LogP contribution in [0, 0.1) is 5.92 Å². The molecule has 0 amide bonds. The van der Waals surface area contributed by atoms with Gasteiger partial charge in [-0.05, 0) is 44.4 Å². The minimum absolute atomic E-state index is 0.0239. The van der Waals surface area contributed by atoms with E-state index >= 15 is 0 Å². The molecule has 1 unspecified atom stereocenters. The van der Waals surface area contributed by atoms with E-state index in [2.05, 4.69) is 0 Å². The van der Waals surface area contributed by atoms with Crippen molar-refractivity contribution in [3.05, 3.63) is 23.8 Å². The van der Waals surface area contributed by atoms with Crippen molar-refractivity contribution in [2.24, 2.45) is 11.7 Å². The minimum atomic E-state index is -1.56. The van der Waals surface area contributed by atoms with E-state index < -0.39 is 35.9 Å². The molecule has 0 heterocycles. The molecule has 0 bridgehead atoms. The highest BCUT2D eigenvalue weighted by atomic mass is 16.7. The zero-order valence-electron chi connectivity index (χ0n) is 22.7. The lowest BCUT2D eigenvalue weighted by atomic mass is 9.88. The summed E-state index contributed by atoms with van der Waals surface area (Å²) in [6.07, 6.45) is -1.70. The summed E-state index contributed by atoms with van der Waals surface area (Å²) >= 11 is 0. The maximum atomic E-state index is 12.5. The second kappa shape index (κ2) is 15.0. The summed E-state index contributed by atoms with van der Waals surface area (Å²) in [6, 6.07) is 4.33. The number of rotatable bonds is 13. The third-order valence-electron chi connectivity index (χ3n) is 5.51. The van der Waals surface area contributed by atoms with Crippen LogP contribution in [0.4, 0.5) is 9.59 Å². The molecule has 0 aliphatic heterocycles. The van der Waals surface area contributed by atoms with Crippen molar-refractivity contribution in [3.63, 3.8) is 0 Å². The van der Waals surface area contributed by atoms with Gasteiger partial charge in [-0.1, -0.05) is 33.8 Å². The summed E-state index contributed by atoms with van der Waals surface area (Å²) in [4.78, 5) is 48.8. The summed E-state index contributed by atoms with van der Waals surface area (Å²) in [6.45, 7) is 10.4. The molecule has 1 rings (SSSR count). The first kappa shape index (κ1) is 31.7. The van der Waals surface area contributed by atoms with Gasteiger partial charge in [0, 0.05) is 12.8 Å². The fraction of sp³-hybridized carbons (Fsp3) is 0.615. The number of nitrogens with two attached hydrogens (primary N) is 1.